The molecule has 3 aromatic carbocycles. The van der Waals surface area contributed by atoms with Gasteiger partial charge in [0.1, 0.15) is 0 Å². The first-order valence-corrected chi connectivity index (χ1v) is 8.64. The molecule has 0 unspecified atom stereocenters. The van der Waals surface area contributed by atoms with Crippen molar-refractivity contribution in [2.75, 3.05) is 5.32 Å². The maximum atomic E-state index is 12.8. The molecular formula is C23H23NO. The van der Waals surface area contributed by atoms with Crippen LogP contribution in [0.5, 0.6) is 0 Å². The van der Waals surface area contributed by atoms with Crippen LogP contribution >= 0.6 is 0 Å². The fourth-order valence-corrected chi connectivity index (χ4v) is 2.94. The lowest BCUT2D eigenvalue weighted by Crippen LogP contribution is -2.15. The van der Waals surface area contributed by atoms with Crippen LogP contribution in [0.3, 0.4) is 0 Å². The second kappa shape index (κ2) is 7.80. The van der Waals surface area contributed by atoms with Crippen molar-refractivity contribution in [3.8, 4) is 0 Å². The summed E-state index contributed by atoms with van der Waals surface area (Å²) in [4.78, 5) is 12.8. The van der Waals surface area contributed by atoms with Crippen molar-refractivity contribution in [1.82, 2.24) is 0 Å². The molecule has 0 atom stereocenters. The minimum absolute atomic E-state index is 0.0441. The van der Waals surface area contributed by atoms with Gasteiger partial charge < -0.3 is 5.32 Å². The quantitative estimate of drug-likeness (QED) is 0.672. The van der Waals surface area contributed by atoms with Crippen molar-refractivity contribution in [2.45, 2.75) is 26.7 Å². The fraction of sp³-hybridized carbons (Fsp3) is 0.174. The van der Waals surface area contributed by atoms with E-state index in [1.165, 1.54) is 5.56 Å². The third kappa shape index (κ3) is 4.36. The van der Waals surface area contributed by atoms with E-state index in [1.807, 2.05) is 56.3 Å². The van der Waals surface area contributed by atoms with Crippen LogP contribution in [0.25, 0.3) is 0 Å². The molecule has 0 saturated carbocycles. The number of amides is 1. The summed E-state index contributed by atoms with van der Waals surface area (Å²) in [5.41, 5.74) is 6.20. The van der Waals surface area contributed by atoms with Gasteiger partial charge in [-0.05, 0) is 61.1 Å². The molecule has 0 aliphatic carbocycles. The zero-order valence-electron chi connectivity index (χ0n) is 14.8. The predicted octanol–water partition coefficient (Wildman–Crippen LogP) is 5.34. The van der Waals surface area contributed by atoms with Gasteiger partial charge in [0.15, 0.2) is 0 Å². The van der Waals surface area contributed by atoms with Crippen LogP contribution in [0.15, 0.2) is 72.8 Å². The second-order valence-electron chi connectivity index (χ2n) is 6.42. The van der Waals surface area contributed by atoms with Gasteiger partial charge in [0, 0.05) is 11.3 Å². The molecular weight excluding hydrogens is 306 g/mol. The highest BCUT2D eigenvalue weighted by Crippen LogP contribution is 2.19. The number of carbonyl (C=O) groups is 1. The summed E-state index contributed by atoms with van der Waals surface area (Å²) in [5, 5.41) is 3.07. The summed E-state index contributed by atoms with van der Waals surface area (Å²) in [6, 6.07) is 24.3. The van der Waals surface area contributed by atoms with Gasteiger partial charge in [0.05, 0.1) is 0 Å². The molecule has 3 rings (SSSR count). The summed E-state index contributed by atoms with van der Waals surface area (Å²) >= 11 is 0. The van der Waals surface area contributed by atoms with E-state index in [4.69, 9.17) is 0 Å². The molecule has 0 fully saturated rings. The van der Waals surface area contributed by atoms with Gasteiger partial charge >= 0.3 is 0 Å². The lowest BCUT2D eigenvalue weighted by Gasteiger charge is -2.12. The number of nitrogens with one attached hydrogen (secondary N) is 1. The molecule has 1 amide bonds. The standard InChI is InChI=1S/C23H23NO/c1-17-12-13-18(2)22(16-17)24-23(25)21-11-7-6-10-20(21)15-14-19-8-4-3-5-9-19/h3-13,16H,14-15H2,1-2H3,(H,24,25). The molecule has 0 aliphatic rings. The summed E-state index contributed by atoms with van der Waals surface area (Å²) in [6.45, 7) is 4.04. The summed E-state index contributed by atoms with van der Waals surface area (Å²) < 4.78 is 0. The third-order valence-electron chi connectivity index (χ3n) is 4.43. The molecule has 25 heavy (non-hydrogen) atoms. The molecule has 2 heteroatoms. The maximum absolute atomic E-state index is 12.8. The zero-order chi connectivity index (χ0) is 17.6. The van der Waals surface area contributed by atoms with E-state index < -0.39 is 0 Å². The van der Waals surface area contributed by atoms with Crippen LogP contribution in [0.1, 0.15) is 32.6 Å². The molecule has 126 valence electrons. The van der Waals surface area contributed by atoms with Crippen LogP contribution in [-0.2, 0) is 12.8 Å². The Bertz CT molecular complexity index is 868. The minimum Gasteiger partial charge on any atom is -0.322 e. The van der Waals surface area contributed by atoms with Crippen molar-refractivity contribution in [2.24, 2.45) is 0 Å². The molecule has 1 N–H and O–H groups in total. The highest BCUT2D eigenvalue weighted by Gasteiger charge is 2.12. The number of carbonyl (C=O) groups excluding carboxylic acids is 1. The van der Waals surface area contributed by atoms with Gasteiger partial charge in [-0.3, -0.25) is 4.79 Å². The van der Waals surface area contributed by atoms with Crippen molar-refractivity contribution < 1.29 is 4.79 Å². The highest BCUT2D eigenvalue weighted by atomic mass is 16.1. The monoisotopic (exact) mass is 329 g/mol. The van der Waals surface area contributed by atoms with Crippen molar-refractivity contribution >= 4 is 11.6 Å². The second-order valence-corrected chi connectivity index (χ2v) is 6.42. The van der Waals surface area contributed by atoms with E-state index in [9.17, 15) is 4.79 Å². The average Bonchev–Trinajstić information content (AvgIpc) is 2.64. The SMILES string of the molecule is Cc1ccc(C)c(NC(=O)c2ccccc2CCc2ccccc2)c1. The molecule has 0 aliphatic heterocycles. The summed E-state index contributed by atoms with van der Waals surface area (Å²) in [6.07, 6.45) is 1.77. The number of hydrogen-bond donors (Lipinski definition) is 1. The molecule has 0 radical (unpaired) electrons. The van der Waals surface area contributed by atoms with Crippen LogP contribution < -0.4 is 5.32 Å². The fourth-order valence-electron chi connectivity index (χ4n) is 2.94. The minimum atomic E-state index is -0.0441. The van der Waals surface area contributed by atoms with Gasteiger partial charge in [0.25, 0.3) is 5.91 Å². The Morgan fingerprint density at radius 3 is 2.36 bits per heavy atom. The van der Waals surface area contributed by atoms with Gasteiger partial charge in [0.2, 0.25) is 0 Å². The highest BCUT2D eigenvalue weighted by molar-refractivity contribution is 6.05. The topological polar surface area (TPSA) is 29.1 Å². The van der Waals surface area contributed by atoms with E-state index in [0.29, 0.717) is 0 Å². The summed E-state index contributed by atoms with van der Waals surface area (Å²) in [5.74, 6) is -0.0441. The van der Waals surface area contributed by atoms with Crippen LogP contribution in [0.2, 0.25) is 0 Å². The van der Waals surface area contributed by atoms with E-state index in [0.717, 1.165) is 40.8 Å². The van der Waals surface area contributed by atoms with Gasteiger partial charge in [-0.25, -0.2) is 0 Å². The molecule has 0 bridgehead atoms. The Morgan fingerprint density at radius 2 is 1.56 bits per heavy atom. The van der Waals surface area contributed by atoms with E-state index in [1.54, 1.807) is 0 Å². The van der Waals surface area contributed by atoms with Crippen LogP contribution in [-0.4, -0.2) is 5.91 Å². The smallest absolute Gasteiger partial charge is 0.255 e. The number of benzene rings is 3. The Morgan fingerprint density at radius 1 is 0.840 bits per heavy atom. The Hall–Kier alpha value is -2.87. The first-order chi connectivity index (χ1) is 12.1. The average molecular weight is 329 g/mol. The van der Waals surface area contributed by atoms with Crippen LogP contribution in [0.4, 0.5) is 5.69 Å². The van der Waals surface area contributed by atoms with Gasteiger partial charge in [-0.15, -0.1) is 0 Å². The predicted molar refractivity (Wildman–Crippen MR) is 104 cm³/mol. The molecule has 0 aromatic heterocycles. The van der Waals surface area contributed by atoms with Crippen molar-refractivity contribution in [3.63, 3.8) is 0 Å². The molecule has 2 nitrogen and oxygen atoms in total. The van der Waals surface area contributed by atoms with Crippen molar-refractivity contribution in [3.05, 3.63) is 101 Å². The lowest BCUT2D eigenvalue weighted by molar-refractivity contribution is 0.102. The molecule has 0 spiro atoms. The largest absolute Gasteiger partial charge is 0.322 e. The van der Waals surface area contributed by atoms with E-state index >= 15 is 0 Å². The Balaban J connectivity index is 1.77. The number of hydrogen-bond acceptors (Lipinski definition) is 1. The Kier molecular flexibility index (Phi) is 5.30. The van der Waals surface area contributed by atoms with Crippen molar-refractivity contribution in [1.29, 1.82) is 0 Å². The maximum Gasteiger partial charge on any atom is 0.255 e. The number of aryl methyl sites for hydroxylation is 4. The van der Waals surface area contributed by atoms with Gasteiger partial charge in [-0.1, -0.05) is 60.7 Å². The molecule has 0 saturated heterocycles. The third-order valence-corrected chi connectivity index (χ3v) is 4.43. The van der Waals surface area contributed by atoms with E-state index in [-0.39, 0.29) is 5.91 Å². The number of rotatable bonds is 5. The summed E-state index contributed by atoms with van der Waals surface area (Å²) in [7, 11) is 0. The molecule has 3 aromatic rings. The molecule has 0 heterocycles. The number of anilines is 1. The van der Waals surface area contributed by atoms with E-state index in [2.05, 4.69) is 35.6 Å². The van der Waals surface area contributed by atoms with Gasteiger partial charge in [-0.2, -0.15) is 0 Å². The normalized spacial score (nSPS) is 10.5. The Labute approximate surface area is 149 Å². The zero-order valence-corrected chi connectivity index (χ0v) is 14.8. The first kappa shape index (κ1) is 17.0. The first-order valence-electron chi connectivity index (χ1n) is 8.64. The van der Waals surface area contributed by atoms with Crippen LogP contribution in [0, 0.1) is 13.8 Å². The lowest BCUT2D eigenvalue weighted by atomic mass is 9.99.